The van der Waals surface area contributed by atoms with E-state index in [1.54, 1.807) is 19.1 Å². The van der Waals surface area contributed by atoms with Gasteiger partial charge in [-0.2, -0.15) is 0 Å². The first-order chi connectivity index (χ1) is 20.8. The third kappa shape index (κ3) is 15.6. The van der Waals surface area contributed by atoms with Gasteiger partial charge in [0, 0.05) is 33.5 Å². The maximum absolute atomic E-state index is 12.1. The first-order valence-corrected chi connectivity index (χ1v) is 14.0. The Morgan fingerprint density at radius 3 is 2.20 bits per heavy atom. The van der Waals surface area contributed by atoms with Crippen LogP contribution in [0.1, 0.15) is 70.5 Å². The molecule has 0 fully saturated rings. The minimum absolute atomic E-state index is 0. The summed E-state index contributed by atoms with van der Waals surface area (Å²) in [6.07, 6.45) is 2.33. The summed E-state index contributed by atoms with van der Waals surface area (Å²) in [4.78, 5) is 36.7. The van der Waals surface area contributed by atoms with Gasteiger partial charge in [-0.05, 0) is 45.4 Å². The molecule has 0 saturated heterocycles. The van der Waals surface area contributed by atoms with Crippen LogP contribution in [0.25, 0.3) is 0 Å². The lowest BCUT2D eigenvalue weighted by atomic mass is 10.0. The van der Waals surface area contributed by atoms with Gasteiger partial charge >= 0.3 is 11.9 Å². The zero-order chi connectivity index (χ0) is 33.1. The van der Waals surface area contributed by atoms with Crippen LogP contribution in [-0.2, 0) is 30.4 Å². The van der Waals surface area contributed by atoms with E-state index in [1.165, 1.54) is 38.4 Å². The third-order valence-corrected chi connectivity index (χ3v) is 5.67. The lowest BCUT2D eigenvalue weighted by Crippen LogP contribution is -2.31. The first kappa shape index (κ1) is 37.5. The molecule has 0 unspecified atom stereocenters. The maximum Gasteiger partial charge on any atom is 0.305 e. The lowest BCUT2D eigenvalue weighted by molar-refractivity contribution is -0.151. The summed E-state index contributed by atoms with van der Waals surface area (Å²) in [7, 11) is 1.40. The zero-order valence-electron chi connectivity index (χ0n) is 26.4. The van der Waals surface area contributed by atoms with Crippen molar-refractivity contribution in [3.63, 3.8) is 0 Å². The number of nitrogens with zero attached hydrogens (tertiary/aromatic N) is 1. The Hall–Kier alpha value is -4.51. The van der Waals surface area contributed by atoms with E-state index in [1.807, 2.05) is 58.0 Å². The SMILES string of the molecule is CCC(=O)O[C@@H](C)CC(C)(C)OCc1ccccc1.COc1ccnc(C(N)=O)c1OCOC(C)=O.Cc1ccc(F)cc1.[HH]. The smallest absolute Gasteiger partial charge is 0.305 e. The second kappa shape index (κ2) is 19.6. The minimum atomic E-state index is -0.762. The number of halogens is 1. The lowest BCUT2D eigenvalue weighted by Gasteiger charge is -2.28. The Morgan fingerprint density at radius 2 is 1.68 bits per heavy atom. The summed E-state index contributed by atoms with van der Waals surface area (Å²) in [6, 6.07) is 18.0. The summed E-state index contributed by atoms with van der Waals surface area (Å²) in [5, 5.41) is 0. The van der Waals surface area contributed by atoms with Crippen molar-refractivity contribution in [1.29, 1.82) is 0 Å². The number of hydrogen-bond acceptors (Lipinski definition) is 9. The Kier molecular flexibility index (Phi) is 16.7. The van der Waals surface area contributed by atoms with Crippen molar-refractivity contribution < 1.29 is 43.9 Å². The van der Waals surface area contributed by atoms with Crippen LogP contribution >= 0.6 is 0 Å². The number of methoxy groups -OCH3 is 1. The number of nitrogens with two attached hydrogens (primary N) is 1. The average Bonchev–Trinajstić information content (AvgIpc) is 2.98. The topological polar surface area (TPSA) is 136 Å². The first-order valence-electron chi connectivity index (χ1n) is 14.0. The molecule has 0 aliphatic heterocycles. The molecule has 242 valence electrons. The molecule has 0 radical (unpaired) electrons. The fraction of sp³-hybridized carbons (Fsp3) is 0.394. The van der Waals surface area contributed by atoms with E-state index in [4.69, 9.17) is 24.7 Å². The predicted octanol–water partition coefficient (Wildman–Crippen LogP) is 6.18. The summed E-state index contributed by atoms with van der Waals surface area (Å²) in [5.41, 5.74) is 6.96. The second-order valence-electron chi connectivity index (χ2n) is 10.1. The van der Waals surface area contributed by atoms with Gasteiger partial charge in [0.25, 0.3) is 5.91 Å². The molecule has 1 atom stereocenters. The van der Waals surface area contributed by atoms with Crippen molar-refractivity contribution in [2.45, 2.75) is 72.7 Å². The fourth-order valence-corrected chi connectivity index (χ4v) is 3.56. The Labute approximate surface area is 260 Å². The highest BCUT2D eigenvalue weighted by Gasteiger charge is 2.24. The number of carbonyl (C=O) groups excluding carboxylic acids is 3. The van der Waals surface area contributed by atoms with Crippen LogP contribution in [0.3, 0.4) is 0 Å². The highest BCUT2D eigenvalue weighted by atomic mass is 19.1. The molecule has 0 saturated carbocycles. The number of carbonyl (C=O) groups is 3. The van der Waals surface area contributed by atoms with Gasteiger partial charge < -0.3 is 29.4 Å². The van der Waals surface area contributed by atoms with Crippen molar-refractivity contribution in [1.82, 2.24) is 4.98 Å². The molecule has 0 aliphatic rings. The Morgan fingerprint density at radius 1 is 1.05 bits per heavy atom. The number of esters is 2. The minimum Gasteiger partial charge on any atom is -0.493 e. The summed E-state index contributed by atoms with van der Waals surface area (Å²) < 4.78 is 37.9. The standard InChI is InChI=1S/C16H24O3.C10H12N2O5.C7H7F.H2/c1-5-15(17)19-13(2)11-16(3,4)18-12-14-9-7-6-8-10-14;1-6(13)16-5-17-9-7(15-2)3-4-12-8(9)10(11)14;1-6-2-4-7(8)5-3-6;/h6-10,13H,5,11-12H2,1-4H3;3-4H,5H2,1-2H3,(H2,11,14);2-5H,1H3;1H/t13-;;;/m0.../s1. The van der Waals surface area contributed by atoms with Gasteiger partial charge in [0.05, 0.1) is 19.3 Å². The van der Waals surface area contributed by atoms with E-state index in [9.17, 15) is 18.8 Å². The molecule has 1 aromatic heterocycles. The Balaban J connectivity index is 0.000000684. The molecule has 2 aromatic carbocycles. The number of amides is 1. The van der Waals surface area contributed by atoms with Gasteiger partial charge in [0.1, 0.15) is 11.9 Å². The number of pyridine rings is 1. The van der Waals surface area contributed by atoms with E-state index in [0.29, 0.717) is 19.4 Å². The molecule has 44 heavy (non-hydrogen) atoms. The number of aromatic nitrogens is 1. The summed E-state index contributed by atoms with van der Waals surface area (Å²) in [6.45, 7) is 11.1. The largest absolute Gasteiger partial charge is 0.493 e. The van der Waals surface area contributed by atoms with Gasteiger partial charge in [-0.25, -0.2) is 9.37 Å². The highest BCUT2D eigenvalue weighted by molar-refractivity contribution is 5.94. The van der Waals surface area contributed by atoms with Crippen LogP contribution in [0, 0.1) is 12.7 Å². The number of primary amides is 1. The van der Waals surface area contributed by atoms with Crippen molar-refractivity contribution >= 4 is 17.8 Å². The van der Waals surface area contributed by atoms with Crippen LogP contribution in [-0.4, -0.2) is 48.4 Å². The monoisotopic (exact) mass is 616 g/mol. The quantitative estimate of drug-likeness (QED) is 0.187. The molecule has 2 N–H and O–H groups in total. The molecule has 11 heteroatoms. The van der Waals surface area contributed by atoms with E-state index < -0.39 is 11.9 Å². The number of aryl methyl sites for hydroxylation is 1. The molecule has 3 rings (SSSR count). The van der Waals surface area contributed by atoms with Crippen LogP contribution in [0.15, 0.2) is 66.9 Å². The summed E-state index contributed by atoms with van der Waals surface area (Å²) >= 11 is 0. The molecule has 10 nitrogen and oxygen atoms in total. The van der Waals surface area contributed by atoms with Crippen molar-refractivity contribution in [3.05, 3.63) is 89.5 Å². The van der Waals surface area contributed by atoms with E-state index >= 15 is 0 Å². The number of benzene rings is 2. The molecule has 0 bridgehead atoms. The van der Waals surface area contributed by atoms with Crippen LogP contribution in [0.4, 0.5) is 4.39 Å². The van der Waals surface area contributed by atoms with Crippen LogP contribution in [0.5, 0.6) is 11.5 Å². The summed E-state index contributed by atoms with van der Waals surface area (Å²) in [5.74, 6) is -1.28. The number of rotatable bonds is 12. The second-order valence-corrected chi connectivity index (χ2v) is 10.1. The molecule has 1 amide bonds. The number of hydrogen-bond donors (Lipinski definition) is 1. The average molecular weight is 617 g/mol. The van der Waals surface area contributed by atoms with E-state index in [2.05, 4.69) is 9.72 Å². The van der Waals surface area contributed by atoms with Crippen LogP contribution < -0.4 is 15.2 Å². The predicted molar refractivity (Wildman–Crippen MR) is 166 cm³/mol. The van der Waals surface area contributed by atoms with E-state index in [-0.39, 0.29) is 48.9 Å². The number of ether oxygens (including phenoxy) is 5. The zero-order valence-corrected chi connectivity index (χ0v) is 26.4. The highest BCUT2D eigenvalue weighted by Crippen LogP contribution is 2.29. The molecular weight excluding hydrogens is 571 g/mol. The van der Waals surface area contributed by atoms with Crippen molar-refractivity contribution in [3.8, 4) is 11.5 Å². The van der Waals surface area contributed by atoms with Gasteiger partial charge in [-0.15, -0.1) is 0 Å². The molecule has 3 aromatic rings. The van der Waals surface area contributed by atoms with Crippen molar-refractivity contribution in [2.75, 3.05) is 13.9 Å². The molecule has 0 aliphatic carbocycles. The molecule has 1 heterocycles. The Bertz CT molecular complexity index is 1290. The van der Waals surface area contributed by atoms with Crippen LogP contribution in [0.2, 0.25) is 0 Å². The van der Waals surface area contributed by atoms with Gasteiger partial charge in [0.2, 0.25) is 6.79 Å². The molecular formula is C33H45FN2O8. The third-order valence-electron chi connectivity index (χ3n) is 5.67. The van der Waals surface area contributed by atoms with E-state index in [0.717, 1.165) is 11.1 Å². The normalized spacial score (nSPS) is 11.0. The molecule has 0 spiro atoms. The van der Waals surface area contributed by atoms with Gasteiger partial charge in [-0.1, -0.05) is 55.0 Å². The fourth-order valence-electron chi connectivity index (χ4n) is 3.56. The van der Waals surface area contributed by atoms with Gasteiger partial charge in [-0.3, -0.25) is 14.4 Å². The van der Waals surface area contributed by atoms with Crippen molar-refractivity contribution in [2.24, 2.45) is 5.73 Å². The maximum atomic E-state index is 12.1. The van der Waals surface area contributed by atoms with Gasteiger partial charge in [0.15, 0.2) is 17.2 Å².